The molecular weight excluding hydrogens is 390 g/mol. The highest BCUT2D eigenvalue weighted by Gasteiger charge is 2.23. The number of pyridine rings is 1. The average Bonchev–Trinajstić information content (AvgIpc) is 3.53. The average molecular weight is 415 g/mol. The quantitative estimate of drug-likeness (QED) is 0.489. The highest BCUT2D eigenvalue weighted by molar-refractivity contribution is 5.93. The Bertz CT molecular complexity index is 1110. The first-order valence-corrected chi connectivity index (χ1v) is 10.7. The summed E-state index contributed by atoms with van der Waals surface area (Å²) < 4.78 is 5.82. The molecule has 0 saturated heterocycles. The van der Waals surface area contributed by atoms with Gasteiger partial charge in [-0.05, 0) is 47.6 Å². The molecule has 1 aliphatic heterocycles. The summed E-state index contributed by atoms with van der Waals surface area (Å²) in [6.45, 7) is 1.91. The molecule has 2 heterocycles. The Morgan fingerprint density at radius 1 is 1.10 bits per heavy atom. The lowest BCUT2D eigenvalue weighted by atomic mass is 10.0. The van der Waals surface area contributed by atoms with E-state index < -0.39 is 5.97 Å². The first kappa shape index (κ1) is 19.4. The van der Waals surface area contributed by atoms with Gasteiger partial charge in [-0.2, -0.15) is 0 Å². The van der Waals surface area contributed by atoms with Gasteiger partial charge >= 0.3 is 5.97 Å². The molecule has 6 heteroatoms. The molecule has 3 aromatic rings. The van der Waals surface area contributed by atoms with E-state index >= 15 is 0 Å². The van der Waals surface area contributed by atoms with E-state index in [0.717, 1.165) is 35.9 Å². The van der Waals surface area contributed by atoms with E-state index in [0.29, 0.717) is 18.8 Å². The van der Waals surface area contributed by atoms with E-state index in [1.165, 1.54) is 41.8 Å². The molecule has 0 radical (unpaired) electrons. The number of carboxylic acids is 1. The molecule has 2 aromatic carbocycles. The molecular formula is C25H25N3O3. The van der Waals surface area contributed by atoms with Crippen molar-refractivity contribution in [3.05, 3.63) is 82.7 Å². The zero-order valence-electron chi connectivity index (χ0n) is 17.2. The topological polar surface area (TPSA) is 83.5 Å². The highest BCUT2D eigenvalue weighted by atomic mass is 16.5. The van der Waals surface area contributed by atoms with Crippen LogP contribution in [-0.4, -0.2) is 22.7 Å². The van der Waals surface area contributed by atoms with Gasteiger partial charge in [-0.25, -0.2) is 4.79 Å². The maximum absolute atomic E-state index is 11.5. The fourth-order valence-corrected chi connectivity index (χ4v) is 4.08. The Balaban J connectivity index is 1.31. The predicted octanol–water partition coefficient (Wildman–Crippen LogP) is 4.82. The van der Waals surface area contributed by atoms with Crippen LogP contribution in [-0.2, 0) is 19.5 Å². The van der Waals surface area contributed by atoms with Crippen LogP contribution in [0.2, 0.25) is 0 Å². The molecule has 31 heavy (non-hydrogen) atoms. The molecule has 0 spiro atoms. The van der Waals surface area contributed by atoms with Gasteiger partial charge in [0.2, 0.25) is 0 Å². The van der Waals surface area contributed by atoms with Crippen molar-refractivity contribution in [1.82, 2.24) is 4.98 Å². The number of aromatic nitrogens is 1. The molecule has 6 nitrogen and oxygen atoms in total. The summed E-state index contributed by atoms with van der Waals surface area (Å²) in [5.74, 6) is 0.699. The van der Waals surface area contributed by atoms with Crippen LogP contribution in [0.3, 0.4) is 0 Å². The number of rotatable bonds is 8. The number of nitrogens with zero attached hydrogens (tertiary/aromatic N) is 1. The maximum atomic E-state index is 11.5. The Hall–Kier alpha value is -3.54. The lowest BCUT2D eigenvalue weighted by Crippen LogP contribution is -2.08. The maximum Gasteiger partial charge on any atom is 0.337 e. The largest absolute Gasteiger partial charge is 0.493 e. The fraction of sp³-hybridized carbons (Fsp3) is 0.280. The minimum atomic E-state index is -0.971. The van der Waals surface area contributed by atoms with Gasteiger partial charge in [0, 0.05) is 43.0 Å². The summed E-state index contributed by atoms with van der Waals surface area (Å²) in [7, 11) is 0. The molecule has 1 aromatic heterocycles. The van der Waals surface area contributed by atoms with E-state index in [1.54, 1.807) is 6.20 Å². The summed E-state index contributed by atoms with van der Waals surface area (Å²) >= 11 is 0. The molecule has 3 N–H and O–H groups in total. The summed E-state index contributed by atoms with van der Waals surface area (Å²) in [5, 5.41) is 16.1. The van der Waals surface area contributed by atoms with Gasteiger partial charge in [-0.1, -0.05) is 24.3 Å². The second-order valence-electron chi connectivity index (χ2n) is 8.16. The number of hydrogen-bond donors (Lipinski definition) is 3. The Kier molecular flexibility index (Phi) is 5.20. The summed E-state index contributed by atoms with van der Waals surface area (Å²) in [6, 6.07) is 14.6. The minimum Gasteiger partial charge on any atom is -0.493 e. The van der Waals surface area contributed by atoms with Gasteiger partial charge < -0.3 is 20.5 Å². The smallest absolute Gasteiger partial charge is 0.337 e. The number of hydrogen-bond acceptors (Lipinski definition) is 5. The van der Waals surface area contributed by atoms with Crippen LogP contribution in [0.4, 0.5) is 11.4 Å². The van der Waals surface area contributed by atoms with Crippen LogP contribution in [0.15, 0.2) is 54.9 Å². The molecule has 2 aliphatic rings. The second kappa shape index (κ2) is 8.30. The Labute approximate surface area is 181 Å². The third kappa shape index (κ3) is 4.33. The van der Waals surface area contributed by atoms with Gasteiger partial charge in [-0.15, -0.1) is 0 Å². The monoisotopic (exact) mass is 415 g/mol. The molecule has 5 rings (SSSR count). The molecule has 0 atom stereocenters. The van der Waals surface area contributed by atoms with Crippen molar-refractivity contribution in [1.29, 1.82) is 0 Å². The minimum absolute atomic E-state index is 0.215. The van der Waals surface area contributed by atoms with Crippen LogP contribution in [0.5, 0.6) is 5.75 Å². The SMILES string of the molecule is O=C(O)c1ccncc1NCc1cc(NCc2ccc(C3CC3)cc2)cc2c1CCO2. The van der Waals surface area contributed by atoms with Gasteiger partial charge in [0.05, 0.1) is 24.1 Å². The van der Waals surface area contributed by atoms with Crippen molar-refractivity contribution in [2.75, 3.05) is 17.2 Å². The first-order valence-electron chi connectivity index (χ1n) is 10.7. The van der Waals surface area contributed by atoms with Gasteiger partial charge in [0.1, 0.15) is 5.75 Å². The van der Waals surface area contributed by atoms with Crippen LogP contribution < -0.4 is 15.4 Å². The zero-order valence-corrected chi connectivity index (χ0v) is 17.2. The highest BCUT2D eigenvalue weighted by Crippen LogP contribution is 2.40. The van der Waals surface area contributed by atoms with Gasteiger partial charge in [0.25, 0.3) is 0 Å². The van der Waals surface area contributed by atoms with Crippen molar-refractivity contribution >= 4 is 17.3 Å². The zero-order chi connectivity index (χ0) is 21.2. The van der Waals surface area contributed by atoms with E-state index in [-0.39, 0.29) is 5.56 Å². The molecule has 1 saturated carbocycles. The van der Waals surface area contributed by atoms with Crippen LogP contribution in [0, 0.1) is 0 Å². The van der Waals surface area contributed by atoms with E-state index in [9.17, 15) is 9.90 Å². The van der Waals surface area contributed by atoms with E-state index in [4.69, 9.17) is 4.74 Å². The number of carbonyl (C=O) groups is 1. The van der Waals surface area contributed by atoms with Crippen molar-refractivity contribution in [2.24, 2.45) is 0 Å². The number of aromatic carboxylic acids is 1. The lowest BCUT2D eigenvalue weighted by molar-refractivity contribution is 0.0697. The molecule has 1 aliphatic carbocycles. The molecule has 0 amide bonds. The summed E-state index contributed by atoms with van der Waals surface area (Å²) in [6.07, 6.45) is 6.52. The van der Waals surface area contributed by atoms with Gasteiger partial charge in [-0.3, -0.25) is 4.98 Å². The predicted molar refractivity (Wildman–Crippen MR) is 120 cm³/mol. The molecule has 1 fully saturated rings. The Morgan fingerprint density at radius 3 is 2.71 bits per heavy atom. The van der Waals surface area contributed by atoms with Crippen LogP contribution in [0.25, 0.3) is 0 Å². The standard InChI is InChI=1S/C25H25N3O3/c29-25(30)22-7-9-26-15-23(22)28-14-19-11-20(12-24-21(19)8-10-31-24)27-13-16-1-3-17(4-2-16)18-5-6-18/h1-4,7,9,11-12,15,18,27-28H,5-6,8,10,13-14H2,(H,29,30). The van der Waals surface area contributed by atoms with E-state index in [1.807, 2.05) is 0 Å². The fourth-order valence-electron chi connectivity index (χ4n) is 4.08. The Morgan fingerprint density at radius 2 is 1.94 bits per heavy atom. The number of nitrogens with one attached hydrogen (secondary N) is 2. The number of benzene rings is 2. The molecule has 0 unspecified atom stereocenters. The number of fused-ring (bicyclic) bond motifs is 1. The van der Waals surface area contributed by atoms with Crippen molar-refractivity contribution in [2.45, 2.75) is 38.3 Å². The van der Waals surface area contributed by atoms with Crippen molar-refractivity contribution in [3.63, 3.8) is 0 Å². The number of anilines is 2. The third-order valence-electron chi connectivity index (χ3n) is 5.96. The molecule has 0 bridgehead atoms. The van der Waals surface area contributed by atoms with Gasteiger partial charge in [0.15, 0.2) is 0 Å². The van der Waals surface area contributed by atoms with Crippen LogP contribution >= 0.6 is 0 Å². The summed E-state index contributed by atoms with van der Waals surface area (Å²) in [4.78, 5) is 15.5. The molecule has 158 valence electrons. The summed E-state index contributed by atoms with van der Waals surface area (Å²) in [5.41, 5.74) is 6.68. The first-order chi connectivity index (χ1) is 15.2. The van der Waals surface area contributed by atoms with E-state index in [2.05, 4.69) is 52.0 Å². The van der Waals surface area contributed by atoms with Crippen molar-refractivity contribution in [3.8, 4) is 5.75 Å². The second-order valence-corrected chi connectivity index (χ2v) is 8.16. The normalized spacial score (nSPS) is 14.6. The number of ether oxygens (including phenoxy) is 1. The van der Waals surface area contributed by atoms with Crippen molar-refractivity contribution < 1.29 is 14.6 Å². The lowest BCUT2D eigenvalue weighted by Gasteiger charge is -2.15. The van der Waals surface area contributed by atoms with Crippen LogP contribution in [0.1, 0.15) is 51.4 Å². The third-order valence-corrected chi connectivity index (χ3v) is 5.96. The number of carboxylic acid groups (broad SMARTS) is 1.